The Morgan fingerprint density at radius 3 is 2.96 bits per heavy atom. The Kier molecular flexibility index (Phi) is 4.57. The molecule has 2 N–H and O–H groups in total. The Balaban J connectivity index is 1.67. The predicted molar refractivity (Wildman–Crippen MR) is 85.9 cm³/mol. The van der Waals surface area contributed by atoms with Gasteiger partial charge in [-0.15, -0.1) is 0 Å². The van der Waals surface area contributed by atoms with E-state index in [2.05, 4.69) is 10.4 Å². The van der Waals surface area contributed by atoms with Crippen LogP contribution in [0.25, 0.3) is 5.69 Å². The number of aromatic nitrogens is 2. The van der Waals surface area contributed by atoms with E-state index in [0.29, 0.717) is 12.2 Å². The fraction of sp³-hybridized carbons (Fsp3) is 0.375. The highest BCUT2D eigenvalue weighted by Crippen LogP contribution is 2.24. The number of carbonyl (C=O) groups is 1. The SMILES string of the molecule is O=C(NCC1CCCC1O)c1ccn(-c2cccc([N+](=O)[O-])c2)n1. The van der Waals surface area contributed by atoms with Gasteiger partial charge < -0.3 is 10.4 Å². The average molecular weight is 330 g/mol. The number of aliphatic hydroxyl groups is 1. The molecule has 0 radical (unpaired) electrons. The lowest BCUT2D eigenvalue weighted by Gasteiger charge is -2.14. The minimum atomic E-state index is -0.479. The molecule has 8 heteroatoms. The van der Waals surface area contributed by atoms with Gasteiger partial charge in [-0.2, -0.15) is 5.10 Å². The number of benzene rings is 1. The summed E-state index contributed by atoms with van der Waals surface area (Å²) in [4.78, 5) is 22.5. The standard InChI is InChI=1S/C16H18N4O4/c21-15-6-1-3-11(15)10-17-16(22)14-7-8-19(18-14)12-4-2-5-13(9-12)20(23)24/h2,4-5,7-9,11,15,21H,1,3,6,10H2,(H,17,22). The molecule has 1 heterocycles. The van der Waals surface area contributed by atoms with Crippen molar-refractivity contribution < 1.29 is 14.8 Å². The summed E-state index contributed by atoms with van der Waals surface area (Å²) in [6.45, 7) is 0.420. The van der Waals surface area contributed by atoms with E-state index in [4.69, 9.17) is 0 Å². The van der Waals surface area contributed by atoms with Gasteiger partial charge in [0.25, 0.3) is 11.6 Å². The quantitative estimate of drug-likeness (QED) is 0.640. The molecule has 0 bridgehead atoms. The van der Waals surface area contributed by atoms with Crippen LogP contribution in [0.15, 0.2) is 36.5 Å². The van der Waals surface area contributed by atoms with Crippen LogP contribution in [0.1, 0.15) is 29.8 Å². The third-order valence-electron chi connectivity index (χ3n) is 4.27. The summed E-state index contributed by atoms with van der Waals surface area (Å²) in [6.07, 6.45) is 3.89. The maximum Gasteiger partial charge on any atom is 0.271 e. The fourth-order valence-electron chi connectivity index (χ4n) is 2.91. The van der Waals surface area contributed by atoms with E-state index in [-0.39, 0.29) is 29.3 Å². The normalized spacial score (nSPS) is 20.0. The van der Waals surface area contributed by atoms with Crippen LogP contribution in [0.4, 0.5) is 5.69 Å². The number of hydrogen-bond acceptors (Lipinski definition) is 5. The van der Waals surface area contributed by atoms with Gasteiger partial charge in [-0.25, -0.2) is 4.68 Å². The van der Waals surface area contributed by atoms with Crippen molar-refractivity contribution in [2.75, 3.05) is 6.54 Å². The van der Waals surface area contributed by atoms with Crippen molar-refractivity contribution in [3.8, 4) is 5.69 Å². The molecule has 1 aromatic carbocycles. The fourth-order valence-corrected chi connectivity index (χ4v) is 2.91. The molecule has 3 rings (SSSR count). The zero-order valence-electron chi connectivity index (χ0n) is 13.0. The van der Waals surface area contributed by atoms with Gasteiger partial charge in [0.2, 0.25) is 0 Å². The lowest BCUT2D eigenvalue weighted by Crippen LogP contribution is -2.32. The van der Waals surface area contributed by atoms with Gasteiger partial charge in [-0.05, 0) is 25.0 Å². The number of nitro groups is 1. The van der Waals surface area contributed by atoms with E-state index in [1.54, 1.807) is 24.4 Å². The highest BCUT2D eigenvalue weighted by Gasteiger charge is 2.25. The summed E-state index contributed by atoms with van der Waals surface area (Å²) >= 11 is 0. The van der Waals surface area contributed by atoms with Crippen LogP contribution in [0.5, 0.6) is 0 Å². The Hall–Kier alpha value is -2.74. The van der Waals surface area contributed by atoms with E-state index in [0.717, 1.165) is 19.3 Å². The molecule has 0 aliphatic heterocycles. The number of carbonyl (C=O) groups excluding carboxylic acids is 1. The van der Waals surface area contributed by atoms with E-state index in [1.807, 2.05) is 0 Å². The van der Waals surface area contributed by atoms with Crippen LogP contribution < -0.4 is 5.32 Å². The molecule has 24 heavy (non-hydrogen) atoms. The lowest BCUT2D eigenvalue weighted by molar-refractivity contribution is -0.384. The number of non-ortho nitro benzene ring substituents is 1. The molecule has 1 fully saturated rings. The first-order valence-corrected chi connectivity index (χ1v) is 7.81. The Labute approximate surface area is 138 Å². The molecule has 1 aromatic heterocycles. The molecule has 1 amide bonds. The van der Waals surface area contributed by atoms with Crippen molar-refractivity contribution in [3.05, 3.63) is 52.3 Å². The highest BCUT2D eigenvalue weighted by molar-refractivity contribution is 5.92. The highest BCUT2D eigenvalue weighted by atomic mass is 16.6. The molecular weight excluding hydrogens is 312 g/mol. The van der Waals surface area contributed by atoms with Gasteiger partial charge in [0, 0.05) is 30.8 Å². The van der Waals surface area contributed by atoms with Crippen LogP contribution in [0, 0.1) is 16.0 Å². The number of nitrogens with zero attached hydrogens (tertiary/aromatic N) is 3. The Bertz CT molecular complexity index is 758. The average Bonchev–Trinajstić information content (AvgIpc) is 3.22. The summed E-state index contributed by atoms with van der Waals surface area (Å²) in [6, 6.07) is 7.59. The minimum Gasteiger partial charge on any atom is -0.393 e. The van der Waals surface area contributed by atoms with Crippen LogP contribution in [0.3, 0.4) is 0 Å². The third kappa shape index (κ3) is 3.43. The van der Waals surface area contributed by atoms with Gasteiger partial charge in [0.15, 0.2) is 5.69 Å². The van der Waals surface area contributed by atoms with Crippen molar-refractivity contribution in [2.24, 2.45) is 5.92 Å². The number of amides is 1. The van der Waals surface area contributed by atoms with Crippen molar-refractivity contribution in [1.29, 1.82) is 0 Å². The molecule has 1 saturated carbocycles. The second-order valence-corrected chi connectivity index (χ2v) is 5.89. The zero-order valence-corrected chi connectivity index (χ0v) is 13.0. The summed E-state index contributed by atoms with van der Waals surface area (Å²) in [5.41, 5.74) is 0.702. The molecule has 1 aliphatic carbocycles. The lowest BCUT2D eigenvalue weighted by atomic mass is 10.1. The van der Waals surface area contributed by atoms with Crippen LogP contribution >= 0.6 is 0 Å². The molecule has 2 atom stereocenters. The predicted octanol–water partition coefficient (Wildman–Crippen LogP) is 1.67. The van der Waals surface area contributed by atoms with E-state index in [1.165, 1.54) is 16.8 Å². The van der Waals surface area contributed by atoms with Crippen LogP contribution in [0.2, 0.25) is 0 Å². The maximum absolute atomic E-state index is 12.2. The molecular formula is C16H18N4O4. The summed E-state index contributed by atoms with van der Waals surface area (Å²) in [7, 11) is 0. The number of nitrogens with one attached hydrogen (secondary N) is 1. The van der Waals surface area contributed by atoms with E-state index in [9.17, 15) is 20.0 Å². The Morgan fingerprint density at radius 2 is 2.25 bits per heavy atom. The van der Waals surface area contributed by atoms with E-state index < -0.39 is 4.92 Å². The molecule has 126 valence electrons. The largest absolute Gasteiger partial charge is 0.393 e. The molecule has 8 nitrogen and oxygen atoms in total. The molecule has 0 spiro atoms. The van der Waals surface area contributed by atoms with Gasteiger partial charge in [0.1, 0.15) is 0 Å². The van der Waals surface area contributed by atoms with Crippen LogP contribution in [-0.4, -0.2) is 38.4 Å². The van der Waals surface area contributed by atoms with Gasteiger partial charge in [-0.1, -0.05) is 12.5 Å². The summed E-state index contributed by atoms with van der Waals surface area (Å²) in [5, 5.41) is 27.5. The topological polar surface area (TPSA) is 110 Å². The monoisotopic (exact) mass is 330 g/mol. The number of aliphatic hydroxyl groups excluding tert-OH is 1. The number of rotatable bonds is 5. The molecule has 1 aliphatic rings. The molecule has 0 saturated heterocycles. The summed E-state index contributed by atoms with van der Waals surface area (Å²) in [5.74, 6) is -0.230. The summed E-state index contributed by atoms with van der Waals surface area (Å²) < 4.78 is 1.42. The smallest absolute Gasteiger partial charge is 0.271 e. The maximum atomic E-state index is 12.2. The molecule has 2 unspecified atom stereocenters. The van der Waals surface area contributed by atoms with Gasteiger partial charge >= 0.3 is 0 Å². The van der Waals surface area contributed by atoms with Crippen LogP contribution in [-0.2, 0) is 0 Å². The first-order chi connectivity index (χ1) is 11.5. The number of hydrogen-bond donors (Lipinski definition) is 2. The first kappa shape index (κ1) is 16.1. The van der Waals surface area contributed by atoms with E-state index >= 15 is 0 Å². The van der Waals surface area contributed by atoms with Crippen molar-refractivity contribution in [2.45, 2.75) is 25.4 Å². The third-order valence-corrected chi connectivity index (χ3v) is 4.27. The van der Waals surface area contributed by atoms with Gasteiger partial charge in [0.05, 0.1) is 16.7 Å². The zero-order chi connectivity index (χ0) is 17.1. The Morgan fingerprint density at radius 1 is 1.42 bits per heavy atom. The number of nitro benzene ring substituents is 1. The van der Waals surface area contributed by atoms with Gasteiger partial charge in [-0.3, -0.25) is 14.9 Å². The van der Waals surface area contributed by atoms with Crippen molar-refractivity contribution in [1.82, 2.24) is 15.1 Å². The molecule has 2 aromatic rings. The minimum absolute atomic E-state index is 0.0378. The first-order valence-electron chi connectivity index (χ1n) is 7.81. The second kappa shape index (κ2) is 6.79. The van der Waals surface area contributed by atoms with Crippen molar-refractivity contribution in [3.63, 3.8) is 0 Å². The van der Waals surface area contributed by atoms with Crippen molar-refractivity contribution >= 4 is 11.6 Å². The second-order valence-electron chi connectivity index (χ2n) is 5.89.